The number of halogens is 1. The van der Waals surface area contributed by atoms with Crippen LogP contribution in [0.3, 0.4) is 0 Å². The van der Waals surface area contributed by atoms with Gasteiger partial charge in [0.1, 0.15) is 0 Å². The highest BCUT2D eigenvalue weighted by molar-refractivity contribution is 6.17. The van der Waals surface area contributed by atoms with Gasteiger partial charge in [0, 0.05) is 6.54 Å². The van der Waals surface area contributed by atoms with E-state index in [-0.39, 0.29) is 5.41 Å². The molecule has 0 saturated heterocycles. The fraction of sp³-hybridized carbons (Fsp3) is 0.571. The molecular formula is C14H22ClN. The van der Waals surface area contributed by atoms with Crippen LogP contribution in [-0.4, -0.2) is 12.5 Å². The molecule has 0 atom stereocenters. The van der Waals surface area contributed by atoms with Crippen molar-refractivity contribution < 1.29 is 0 Å². The highest BCUT2D eigenvalue weighted by Crippen LogP contribution is 2.24. The summed E-state index contributed by atoms with van der Waals surface area (Å²) in [5.41, 5.74) is 4.42. The molecule has 90 valence electrons. The minimum Gasteiger partial charge on any atom is -0.304 e. The summed E-state index contributed by atoms with van der Waals surface area (Å²) in [5, 5.41) is 3.13. The van der Waals surface area contributed by atoms with Gasteiger partial charge in [-0.1, -0.05) is 39.0 Å². The maximum atomic E-state index is 5.58. The molecule has 1 N–H and O–H groups in total. The Labute approximate surface area is 104 Å². The van der Waals surface area contributed by atoms with Crippen LogP contribution in [0.25, 0.3) is 0 Å². The zero-order valence-electron chi connectivity index (χ0n) is 10.7. The third-order valence-electron chi connectivity index (χ3n) is 2.87. The Morgan fingerprint density at radius 2 is 1.94 bits per heavy atom. The normalized spacial score (nSPS) is 11.8. The van der Waals surface area contributed by atoms with Crippen molar-refractivity contribution in [3.63, 3.8) is 0 Å². The number of rotatable bonds is 4. The van der Waals surface area contributed by atoms with Gasteiger partial charge in [-0.05, 0) is 35.4 Å². The van der Waals surface area contributed by atoms with E-state index in [1.54, 1.807) is 0 Å². The molecule has 1 nitrogen and oxygen atoms in total. The van der Waals surface area contributed by atoms with Crippen LogP contribution < -0.4 is 5.32 Å². The summed E-state index contributed by atoms with van der Waals surface area (Å²) in [4.78, 5) is 0. The van der Waals surface area contributed by atoms with Gasteiger partial charge in [0.05, 0.1) is 6.00 Å². The molecule has 0 aliphatic rings. The van der Waals surface area contributed by atoms with Crippen molar-refractivity contribution in [1.29, 1.82) is 0 Å². The molecule has 1 rings (SSSR count). The average molecular weight is 240 g/mol. The van der Waals surface area contributed by atoms with E-state index in [0.29, 0.717) is 6.00 Å². The molecule has 2 heteroatoms. The molecule has 0 fully saturated rings. The number of benzene rings is 1. The Morgan fingerprint density at radius 1 is 1.25 bits per heavy atom. The van der Waals surface area contributed by atoms with Crippen LogP contribution >= 0.6 is 11.6 Å². The van der Waals surface area contributed by atoms with Crippen LogP contribution in [-0.2, 0) is 11.8 Å². The van der Waals surface area contributed by atoms with Gasteiger partial charge >= 0.3 is 0 Å². The Bertz CT molecular complexity index is 339. The summed E-state index contributed by atoms with van der Waals surface area (Å²) in [6.07, 6.45) is 1.04. The SMILES string of the molecule is Cc1cc(C(C)(C)C)ccc1CCNCCl. The first kappa shape index (κ1) is 13.5. The number of alkyl halides is 1. The Morgan fingerprint density at radius 3 is 2.44 bits per heavy atom. The van der Waals surface area contributed by atoms with Crippen LogP contribution in [0.5, 0.6) is 0 Å². The lowest BCUT2D eigenvalue weighted by atomic mass is 9.85. The molecule has 0 bridgehead atoms. The molecule has 0 aromatic heterocycles. The lowest BCUT2D eigenvalue weighted by Gasteiger charge is -2.20. The van der Waals surface area contributed by atoms with Crippen LogP contribution in [0.4, 0.5) is 0 Å². The van der Waals surface area contributed by atoms with E-state index in [9.17, 15) is 0 Å². The Hall–Kier alpha value is -0.530. The highest BCUT2D eigenvalue weighted by Gasteiger charge is 2.14. The minimum absolute atomic E-state index is 0.234. The van der Waals surface area contributed by atoms with Gasteiger partial charge in [-0.2, -0.15) is 0 Å². The second kappa shape index (κ2) is 5.70. The maximum absolute atomic E-state index is 5.58. The first-order valence-corrected chi connectivity index (χ1v) is 6.35. The van der Waals surface area contributed by atoms with Crippen molar-refractivity contribution in [3.8, 4) is 0 Å². The van der Waals surface area contributed by atoms with Crippen molar-refractivity contribution in [2.45, 2.75) is 39.5 Å². The average Bonchev–Trinajstić information content (AvgIpc) is 2.19. The molecule has 0 radical (unpaired) electrons. The van der Waals surface area contributed by atoms with Crippen molar-refractivity contribution >= 4 is 11.6 Å². The number of aryl methyl sites for hydroxylation is 1. The molecule has 1 aromatic carbocycles. The van der Waals surface area contributed by atoms with Gasteiger partial charge in [-0.15, -0.1) is 11.6 Å². The minimum atomic E-state index is 0.234. The molecule has 0 unspecified atom stereocenters. The standard InChI is InChI=1S/C14H22ClN/c1-11-9-13(14(2,3)4)6-5-12(11)7-8-16-10-15/h5-6,9,16H,7-8,10H2,1-4H3. The molecule has 0 aliphatic carbocycles. The lowest BCUT2D eigenvalue weighted by Crippen LogP contribution is -2.16. The predicted molar refractivity (Wildman–Crippen MR) is 72.3 cm³/mol. The first-order valence-electron chi connectivity index (χ1n) is 5.82. The van der Waals surface area contributed by atoms with Crippen LogP contribution in [0.2, 0.25) is 0 Å². The third-order valence-corrected chi connectivity index (χ3v) is 3.06. The number of hydrogen-bond acceptors (Lipinski definition) is 1. The van der Waals surface area contributed by atoms with E-state index in [0.717, 1.165) is 13.0 Å². The zero-order chi connectivity index (χ0) is 12.2. The smallest absolute Gasteiger partial charge is 0.0713 e. The number of hydrogen-bond donors (Lipinski definition) is 1. The van der Waals surface area contributed by atoms with Crippen molar-refractivity contribution in [2.75, 3.05) is 12.5 Å². The van der Waals surface area contributed by atoms with Crippen LogP contribution in [0.1, 0.15) is 37.5 Å². The molecule has 0 spiro atoms. The topological polar surface area (TPSA) is 12.0 Å². The van der Waals surface area contributed by atoms with Gasteiger partial charge < -0.3 is 5.32 Å². The summed E-state index contributed by atoms with van der Waals surface area (Å²) in [7, 11) is 0. The third kappa shape index (κ3) is 3.80. The number of nitrogens with one attached hydrogen (secondary N) is 1. The molecule has 16 heavy (non-hydrogen) atoms. The van der Waals surface area contributed by atoms with E-state index < -0.39 is 0 Å². The summed E-state index contributed by atoms with van der Waals surface area (Å²) >= 11 is 5.58. The quantitative estimate of drug-likeness (QED) is 0.481. The van der Waals surface area contributed by atoms with E-state index in [4.69, 9.17) is 11.6 Å². The molecular weight excluding hydrogens is 218 g/mol. The van der Waals surface area contributed by atoms with Gasteiger partial charge in [-0.3, -0.25) is 0 Å². The molecule has 0 heterocycles. The molecule has 1 aromatic rings. The highest BCUT2D eigenvalue weighted by atomic mass is 35.5. The van der Waals surface area contributed by atoms with Crippen LogP contribution in [0, 0.1) is 6.92 Å². The van der Waals surface area contributed by atoms with Gasteiger partial charge in [0.2, 0.25) is 0 Å². The Balaban J connectivity index is 2.76. The van der Waals surface area contributed by atoms with Crippen molar-refractivity contribution in [2.24, 2.45) is 0 Å². The summed E-state index contributed by atoms with van der Waals surface area (Å²) in [5.74, 6) is 0. The molecule has 0 saturated carbocycles. The lowest BCUT2D eigenvalue weighted by molar-refractivity contribution is 0.589. The van der Waals surface area contributed by atoms with E-state index in [1.165, 1.54) is 16.7 Å². The monoisotopic (exact) mass is 239 g/mol. The van der Waals surface area contributed by atoms with Gasteiger partial charge in [0.25, 0.3) is 0 Å². The zero-order valence-corrected chi connectivity index (χ0v) is 11.5. The second-order valence-electron chi connectivity index (χ2n) is 5.27. The Kier molecular flexibility index (Phi) is 4.82. The predicted octanol–water partition coefficient (Wildman–Crippen LogP) is 3.62. The fourth-order valence-electron chi connectivity index (χ4n) is 1.73. The fourth-order valence-corrected chi connectivity index (χ4v) is 1.87. The second-order valence-corrected chi connectivity index (χ2v) is 5.54. The van der Waals surface area contributed by atoms with E-state index in [1.807, 2.05) is 0 Å². The summed E-state index contributed by atoms with van der Waals surface area (Å²) < 4.78 is 0. The molecule has 0 aliphatic heterocycles. The van der Waals surface area contributed by atoms with Gasteiger partial charge in [-0.25, -0.2) is 0 Å². The molecule has 0 amide bonds. The van der Waals surface area contributed by atoms with E-state index in [2.05, 4.69) is 51.2 Å². The summed E-state index contributed by atoms with van der Waals surface area (Å²) in [6.45, 7) is 9.87. The summed E-state index contributed by atoms with van der Waals surface area (Å²) in [6, 6.07) is 7.31. The van der Waals surface area contributed by atoms with Crippen molar-refractivity contribution in [3.05, 3.63) is 34.9 Å². The van der Waals surface area contributed by atoms with Gasteiger partial charge in [0.15, 0.2) is 0 Å². The van der Waals surface area contributed by atoms with Crippen LogP contribution in [0.15, 0.2) is 18.2 Å². The van der Waals surface area contributed by atoms with E-state index >= 15 is 0 Å². The largest absolute Gasteiger partial charge is 0.304 e. The first-order chi connectivity index (χ1) is 7.45. The maximum Gasteiger partial charge on any atom is 0.0713 e. The van der Waals surface area contributed by atoms with Crippen molar-refractivity contribution in [1.82, 2.24) is 5.32 Å².